The Bertz CT molecular complexity index is 645. The molecule has 1 aliphatic heterocycles. The molecule has 1 aromatic rings. The summed E-state index contributed by atoms with van der Waals surface area (Å²) in [7, 11) is 0. The summed E-state index contributed by atoms with van der Waals surface area (Å²) >= 11 is 1.73. The number of rotatable bonds is 7. The number of benzene rings is 1. The summed E-state index contributed by atoms with van der Waals surface area (Å²) in [6.45, 7) is 4.06. The molecule has 0 radical (unpaired) electrons. The maximum Gasteiger partial charge on any atom is 0.330 e. The molecular formula is C22H31NO4S. The number of carbonyl (C=O) groups excluding carboxylic acids is 2. The molecule has 2 fully saturated rings. The molecular weight excluding hydrogens is 374 g/mol. The molecule has 1 aromatic carbocycles. The highest BCUT2D eigenvalue weighted by atomic mass is 32.2. The molecule has 154 valence electrons. The SMILES string of the molecule is CC(C)OC(=O)C1CSC(C2CCCCC2)N1C(=O)COCc1ccccc1. The van der Waals surface area contributed by atoms with E-state index in [1.54, 1.807) is 16.7 Å². The number of carbonyl (C=O) groups is 2. The Morgan fingerprint density at radius 3 is 2.54 bits per heavy atom. The molecule has 2 atom stereocenters. The largest absolute Gasteiger partial charge is 0.461 e. The highest BCUT2D eigenvalue weighted by Crippen LogP contribution is 2.40. The predicted molar refractivity (Wildman–Crippen MR) is 111 cm³/mol. The normalized spacial score (nSPS) is 23.2. The first-order chi connectivity index (χ1) is 13.6. The molecule has 0 bridgehead atoms. The fourth-order valence-corrected chi connectivity index (χ4v) is 5.67. The minimum atomic E-state index is -0.507. The Balaban J connectivity index is 1.66. The van der Waals surface area contributed by atoms with Crippen molar-refractivity contribution in [3.05, 3.63) is 35.9 Å². The van der Waals surface area contributed by atoms with Gasteiger partial charge in [-0.2, -0.15) is 0 Å². The van der Waals surface area contributed by atoms with Crippen LogP contribution < -0.4 is 0 Å². The van der Waals surface area contributed by atoms with Crippen molar-refractivity contribution in [3.63, 3.8) is 0 Å². The zero-order chi connectivity index (χ0) is 19.9. The lowest BCUT2D eigenvalue weighted by Gasteiger charge is -2.35. The van der Waals surface area contributed by atoms with Crippen LogP contribution in [0.3, 0.4) is 0 Å². The van der Waals surface area contributed by atoms with Crippen LogP contribution in [-0.4, -0.2) is 46.7 Å². The molecule has 0 aromatic heterocycles. The van der Waals surface area contributed by atoms with E-state index in [0.717, 1.165) is 18.4 Å². The smallest absolute Gasteiger partial charge is 0.330 e. The van der Waals surface area contributed by atoms with Gasteiger partial charge in [0.25, 0.3) is 0 Å². The van der Waals surface area contributed by atoms with Gasteiger partial charge in [0.15, 0.2) is 0 Å². The van der Waals surface area contributed by atoms with Crippen LogP contribution in [0.5, 0.6) is 0 Å². The Morgan fingerprint density at radius 2 is 1.86 bits per heavy atom. The van der Waals surface area contributed by atoms with Gasteiger partial charge in [-0.25, -0.2) is 4.79 Å². The molecule has 1 heterocycles. The summed E-state index contributed by atoms with van der Waals surface area (Å²) in [6.07, 6.45) is 5.74. The first-order valence-electron chi connectivity index (χ1n) is 10.3. The van der Waals surface area contributed by atoms with Gasteiger partial charge in [-0.1, -0.05) is 49.6 Å². The van der Waals surface area contributed by atoms with Crippen LogP contribution in [0.25, 0.3) is 0 Å². The van der Waals surface area contributed by atoms with Gasteiger partial charge >= 0.3 is 5.97 Å². The van der Waals surface area contributed by atoms with Crippen molar-refractivity contribution in [2.24, 2.45) is 5.92 Å². The molecule has 0 N–H and O–H groups in total. The Hall–Kier alpha value is -1.53. The number of nitrogens with zero attached hydrogens (tertiary/aromatic N) is 1. The second-order valence-electron chi connectivity index (χ2n) is 7.90. The van der Waals surface area contributed by atoms with Crippen LogP contribution in [0.2, 0.25) is 0 Å². The quantitative estimate of drug-likeness (QED) is 0.642. The second kappa shape index (κ2) is 10.3. The number of thioether (sulfide) groups is 1. The predicted octanol–water partition coefficient (Wildman–Crippen LogP) is 4.01. The summed E-state index contributed by atoms with van der Waals surface area (Å²) in [6, 6.07) is 9.31. The van der Waals surface area contributed by atoms with E-state index >= 15 is 0 Å². The summed E-state index contributed by atoms with van der Waals surface area (Å²) in [5, 5.41) is 0.0536. The van der Waals surface area contributed by atoms with Crippen LogP contribution in [0, 0.1) is 5.92 Å². The standard InChI is InChI=1S/C22H31NO4S/c1-16(2)27-22(25)19-15-28-21(18-11-7-4-8-12-18)23(19)20(24)14-26-13-17-9-5-3-6-10-17/h3,5-6,9-10,16,18-19,21H,4,7-8,11-15H2,1-2H3. The molecule has 1 saturated heterocycles. The monoisotopic (exact) mass is 405 g/mol. The van der Waals surface area contributed by atoms with Crippen molar-refractivity contribution in [3.8, 4) is 0 Å². The van der Waals surface area contributed by atoms with Gasteiger partial charge in [-0.15, -0.1) is 11.8 Å². The van der Waals surface area contributed by atoms with Gasteiger partial charge in [0.2, 0.25) is 5.91 Å². The maximum absolute atomic E-state index is 13.1. The van der Waals surface area contributed by atoms with Crippen LogP contribution in [0.1, 0.15) is 51.5 Å². The molecule has 0 spiro atoms. The second-order valence-corrected chi connectivity index (χ2v) is 9.05. The molecule has 2 aliphatic rings. The zero-order valence-corrected chi connectivity index (χ0v) is 17.7. The fraction of sp³-hybridized carbons (Fsp3) is 0.636. The number of hydrogen-bond acceptors (Lipinski definition) is 5. The number of esters is 1. The average Bonchev–Trinajstić information content (AvgIpc) is 3.14. The van der Waals surface area contributed by atoms with E-state index < -0.39 is 6.04 Å². The minimum Gasteiger partial charge on any atom is -0.461 e. The van der Waals surface area contributed by atoms with E-state index in [1.807, 2.05) is 44.2 Å². The molecule has 28 heavy (non-hydrogen) atoms. The van der Waals surface area contributed by atoms with Crippen molar-refractivity contribution in [2.45, 2.75) is 70.1 Å². The third kappa shape index (κ3) is 5.51. The van der Waals surface area contributed by atoms with E-state index in [-0.39, 0.29) is 30.0 Å². The van der Waals surface area contributed by atoms with E-state index in [0.29, 0.717) is 18.3 Å². The van der Waals surface area contributed by atoms with Gasteiger partial charge in [0.05, 0.1) is 18.1 Å². The van der Waals surface area contributed by atoms with Crippen molar-refractivity contribution < 1.29 is 19.1 Å². The van der Waals surface area contributed by atoms with Gasteiger partial charge in [-0.3, -0.25) is 4.79 Å². The van der Waals surface area contributed by atoms with Crippen LogP contribution >= 0.6 is 11.8 Å². The average molecular weight is 406 g/mol. The van der Waals surface area contributed by atoms with Crippen molar-refractivity contribution >= 4 is 23.6 Å². The van der Waals surface area contributed by atoms with E-state index in [2.05, 4.69) is 0 Å². The van der Waals surface area contributed by atoms with Gasteiger partial charge in [-0.05, 0) is 38.2 Å². The summed E-state index contributed by atoms with van der Waals surface area (Å²) < 4.78 is 11.1. The molecule has 5 nitrogen and oxygen atoms in total. The van der Waals surface area contributed by atoms with Crippen LogP contribution in [-0.2, 0) is 25.7 Å². The highest BCUT2D eigenvalue weighted by molar-refractivity contribution is 8.00. The maximum atomic E-state index is 13.1. The van der Waals surface area contributed by atoms with Gasteiger partial charge in [0.1, 0.15) is 12.6 Å². The topological polar surface area (TPSA) is 55.8 Å². The number of ether oxygens (including phenoxy) is 2. The molecule has 1 amide bonds. The van der Waals surface area contributed by atoms with Gasteiger partial charge < -0.3 is 14.4 Å². The first kappa shape index (κ1) is 21.2. The third-order valence-electron chi connectivity index (χ3n) is 5.34. The minimum absolute atomic E-state index is 0.00979. The lowest BCUT2D eigenvalue weighted by atomic mass is 9.88. The Labute approximate surface area is 172 Å². The fourth-order valence-electron chi connectivity index (χ4n) is 4.02. The number of amides is 1. The summed E-state index contributed by atoms with van der Waals surface area (Å²) in [4.78, 5) is 27.5. The molecule has 1 aliphatic carbocycles. The molecule has 2 unspecified atom stereocenters. The third-order valence-corrected chi connectivity index (χ3v) is 6.80. The Morgan fingerprint density at radius 1 is 1.14 bits per heavy atom. The lowest BCUT2D eigenvalue weighted by molar-refractivity contribution is -0.159. The zero-order valence-electron chi connectivity index (χ0n) is 16.8. The van der Waals surface area contributed by atoms with Crippen molar-refractivity contribution in [1.29, 1.82) is 0 Å². The van der Waals surface area contributed by atoms with Crippen molar-refractivity contribution in [1.82, 2.24) is 4.90 Å². The summed E-state index contributed by atoms with van der Waals surface area (Å²) in [5.74, 6) is 0.657. The molecule has 1 saturated carbocycles. The van der Waals surface area contributed by atoms with Crippen molar-refractivity contribution in [2.75, 3.05) is 12.4 Å². The van der Waals surface area contributed by atoms with E-state index in [9.17, 15) is 9.59 Å². The van der Waals surface area contributed by atoms with E-state index in [1.165, 1.54) is 19.3 Å². The van der Waals surface area contributed by atoms with Crippen LogP contribution in [0.15, 0.2) is 30.3 Å². The first-order valence-corrected chi connectivity index (χ1v) is 11.4. The molecule has 6 heteroatoms. The van der Waals surface area contributed by atoms with Crippen LogP contribution in [0.4, 0.5) is 0 Å². The number of hydrogen-bond donors (Lipinski definition) is 0. The molecule has 3 rings (SSSR count). The van der Waals surface area contributed by atoms with Gasteiger partial charge in [0, 0.05) is 5.75 Å². The Kier molecular flexibility index (Phi) is 7.80. The van der Waals surface area contributed by atoms with E-state index in [4.69, 9.17) is 9.47 Å². The lowest BCUT2D eigenvalue weighted by Crippen LogP contribution is -2.50. The highest BCUT2D eigenvalue weighted by Gasteiger charge is 2.45. The summed E-state index contributed by atoms with van der Waals surface area (Å²) in [5.41, 5.74) is 1.03.